The topological polar surface area (TPSA) is 61.6 Å². The van der Waals surface area contributed by atoms with Gasteiger partial charge in [-0.1, -0.05) is 28.1 Å². The van der Waals surface area contributed by atoms with Crippen molar-refractivity contribution >= 4 is 21.6 Å². The zero-order chi connectivity index (χ0) is 14.6. The van der Waals surface area contributed by atoms with Crippen molar-refractivity contribution < 1.29 is 14.4 Å². The second-order valence-corrected chi connectivity index (χ2v) is 5.77. The predicted molar refractivity (Wildman–Crippen MR) is 79.6 cm³/mol. The van der Waals surface area contributed by atoms with Gasteiger partial charge in [0.1, 0.15) is 0 Å². The first-order valence-electron chi connectivity index (χ1n) is 6.58. The Balaban J connectivity index is 2.14. The summed E-state index contributed by atoms with van der Waals surface area (Å²) in [6.45, 7) is 3.61. The third kappa shape index (κ3) is 3.30. The molecule has 0 spiro atoms. The molecule has 110 valence electrons. The zero-order valence-electron chi connectivity index (χ0n) is 11.4. The number of nitro groups is 1. The van der Waals surface area contributed by atoms with Crippen molar-refractivity contribution in [3.05, 3.63) is 33.9 Å². The molecule has 0 radical (unpaired) electrons. The third-order valence-electron chi connectivity index (χ3n) is 3.75. The molecule has 0 aromatic heterocycles. The van der Waals surface area contributed by atoms with E-state index < -0.39 is 0 Å². The maximum absolute atomic E-state index is 11.1. The summed E-state index contributed by atoms with van der Waals surface area (Å²) in [5.74, 6) is 0.349. The van der Waals surface area contributed by atoms with Crippen LogP contribution in [0.3, 0.4) is 0 Å². The Bertz CT molecular complexity index is 486. The lowest BCUT2D eigenvalue weighted by Crippen LogP contribution is -2.36. The highest BCUT2D eigenvalue weighted by Crippen LogP contribution is 2.36. The number of para-hydroxylation sites is 1. The Morgan fingerprint density at radius 1 is 1.45 bits per heavy atom. The first kappa shape index (κ1) is 15.3. The van der Waals surface area contributed by atoms with Gasteiger partial charge >= 0.3 is 5.69 Å². The van der Waals surface area contributed by atoms with E-state index >= 15 is 0 Å². The summed E-state index contributed by atoms with van der Waals surface area (Å²) in [4.78, 5) is 10.8. The zero-order valence-corrected chi connectivity index (χ0v) is 13.0. The van der Waals surface area contributed by atoms with Gasteiger partial charge < -0.3 is 9.47 Å². The van der Waals surface area contributed by atoms with Gasteiger partial charge in [-0.25, -0.2) is 0 Å². The lowest BCUT2D eigenvalue weighted by Gasteiger charge is -2.35. The molecule has 1 fully saturated rings. The molecule has 5 nitrogen and oxygen atoms in total. The maximum atomic E-state index is 11.1. The quantitative estimate of drug-likeness (QED) is 0.466. The molecule has 0 atom stereocenters. The number of rotatable bonds is 5. The number of nitrogens with zero attached hydrogens (tertiary/aromatic N) is 1. The van der Waals surface area contributed by atoms with E-state index in [9.17, 15) is 10.1 Å². The Kier molecular flexibility index (Phi) is 4.99. The number of hydrogen-bond donors (Lipinski definition) is 0. The lowest BCUT2D eigenvalue weighted by atomic mass is 9.83. The van der Waals surface area contributed by atoms with Gasteiger partial charge in [-0.3, -0.25) is 10.1 Å². The molecule has 0 N–H and O–H groups in total. The number of ether oxygens (including phenoxy) is 2. The van der Waals surface area contributed by atoms with Crippen LogP contribution in [0.25, 0.3) is 0 Å². The second-order valence-electron chi connectivity index (χ2n) is 5.21. The summed E-state index contributed by atoms with van der Waals surface area (Å²) in [6.07, 6.45) is 1.80. The molecule has 1 aliphatic rings. The van der Waals surface area contributed by atoms with Crippen molar-refractivity contribution in [2.75, 3.05) is 25.2 Å². The summed E-state index contributed by atoms with van der Waals surface area (Å²) in [5, 5.41) is 11.9. The smallest absolute Gasteiger partial charge is 0.313 e. The van der Waals surface area contributed by atoms with Gasteiger partial charge in [0.2, 0.25) is 0 Å². The van der Waals surface area contributed by atoms with E-state index in [4.69, 9.17) is 9.47 Å². The van der Waals surface area contributed by atoms with Crippen LogP contribution < -0.4 is 4.74 Å². The van der Waals surface area contributed by atoms with E-state index in [1.807, 2.05) is 0 Å². The van der Waals surface area contributed by atoms with Crippen LogP contribution in [0.15, 0.2) is 18.2 Å². The molecule has 6 heteroatoms. The molecule has 1 aromatic rings. The lowest BCUT2D eigenvalue weighted by molar-refractivity contribution is -0.386. The van der Waals surface area contributed by atoms with Crippen molar-refractivity contribution in [1.82, 2.24) is 0 Å². The van der Waals surface area contributed by atoms with Crippen molar-refractivity contribution in [2.45, 2.75) is 19.8 Å². The summed E-state index contributed by atoms with van der Waals surface area (Å²) in [7, 11) is 0. The first-order valence-corrected chi connectivity index (χ1v) is 7.71. The second kappa shape index (κ2) is 6.54. The van der Waals surface area contributed by atoms with Crippen LogP contribution >= 0.6 is 15.9 Å². The van der Waals surface area contributed by atoms with E-state index in [2.05, 4.69) is 15.9 Å². The van der Waals surface area contributed by atoms with Crippen LogP contribution in [0.5, 0.6) is 5.75 Å². The highest BCUT2D eigenvalue weighted by molar-refractivity contribution is 9.09. The van der Waals surface area contributed by atoms with Crippen molar-refractivity contribution in [2.24, 2.45) is 5.41 Å². The van der Waals surface area contributed by atoms with Crippen LogP contribution in [0.1, 0.15) is 18.4 Å². The van der Waals surface area contributed by atoms with Gasteiger partial charge in [-0.2, -0.15) is 0 Å². The molecule has 0 amide bonds. The van der Waals surface area contributed by atoms with Crippen molar-refractivity contribution in [3.63, 3.8) is 0 Å². The maximum Gasteiger partial charge on any atom is 0.313 e. The minimum atomic E-state index is -0.380. The molecular weight excluding hydrogens is 326 g/mol. The van der Waals surface area contributed by atoms with Gasteiger partial charge in [-0.05, 0) is 25.8 Å². The number of alkyl halides is 1. The van der Waals surface area contributed by atoms with Gasteiger partial charge in [0.05, 0.1) is 11.5 Å². The number of hydrogen-bond acceptors (Lipinski definition) is 4. The monoisotopic (exact) mass is 343 g/mol. The van der Waals surface area contributed by atoms with Crippen molar-refractivity contribution in [1.29, 1.82) is 0 Å². The fraction of sp³-hybridized carbons (Fsp3) is 0.571. The molecule has 1 aromatic carbocycles. The Hall–Kier alpha value is -1.14. The Labute approximate surface area is 126 Å². The summed E-state index contributed by atoms with van der Waals surface area (Å²) in [6, 6.07) is 5.16. The number of nitro benzene ring substituents is 1. The molecule has 0 unspecified atom stereocenters. The van der Waals surface area contributed by atoms with Crippen LogP contribution in [-0.4, -0.2) is 30.1 Å². The van der Waals surface area contributed by atoms with E-state index in [0.717, 1.165) is 18.2 Å². The van der Waals surface area contributed by atoms with E-state index in [1.54, 1.807) is 25.1 Å². The molecule has 2 rings (SSSR count). The summed E-state index contributed by atoms with van der Waals surface area (Å²) < 4.78 is 11.2. The minimum absolute atomic E-state index is 0.00410. The van der Waals surface area contributed by atoms with Gasteiger partial charge in [0.25, 0.3) is 0 Å². The predicted octanol–water partition coefficient (Wildman–Crippen LogP) is 3.47. The average molecular weight is 344 g/mol. The van der Waals surface area contributed by atoms with Gasteiger partial charge in [0.15, 0.2) is 5.75 Å². The highest BCUT2D eigenvalue weighted by atomic mass is 79.9. The fourth-order valence-corrected chi connectivity index (χ4v) is 3.06. The van der Waals surface area contributed by atoms with E-state index in [-0.39, 0.29) is 16.0 Å². The molecule has 0 bridgehead atoms. The summed E-state index contributed by atoms with van der Waals surface area (Å²) in [5.41, 5.74) is 0.673. The number of benzene rings is 1. The van der Waals surface area contributed by atoms with Crippen LogP contribution in [-0.2, 0) is 4.74 Å². The average Bonchev–Trinajstić information content (AvgIpc) is 2.45. The largest absolute Gasteiger partial charge is 0.486 e. The first-order chi connectivity index (χ1) is 9.58. The molecule has 1 heterocycles. The number of aryl methyl sites for hydroxylation is 1. The van der Waals surface area contributed by atoms with Crippen LogP contribution in [0, 0.1) is 22.5 Å². The summed E-state index contributed by atoms with van der Waals surface area (Å²) >= 11 is 3.53. The molecule has 0 aliphatic carbocycles. The van der Waals surface area contributed by atoms with Crippen LogP contribution in [0.4, 0.5) is 5.69 Å². The van der Waals surface area contributed by atoms with E-state index in [1.165, 1.54) is 0 Å². The van der Waals surface area contributed by atoms with Gasteiger partial charge in [-0.15, -0.1) is 0 Å². The Morgan fingerprint density at radius 2 is 2.15 bits per heavy atom. The normalized spacial score (nSPS) is 17.7. The molecule has 0 saturated carbocycles. The number of halogens is 1. The highest BCUT2D eigenvalue weighted by Gasteiger charge is 2.33. The van der Waals surface area contributed by atoms with Crippen molar-refractivity contribution in [3.8, 4) is 5.75 Å². The Morgan fingerprint density at radius 3 is 2.75 bits per heavy atom. The van der Waals surface area contributed by atoms with Crippen LogP contribution in [0.2, 0.25) is 0 Å². The minimum Gasteiger partial charge on any atom is -0.486 e. The molecule has 1 aliphatic heterocycles. The SMILES string of the molecule is Cc1cccc(OCC2(CBr)CCOCC2)c1[N+](=O)[O-]. The fourth-order valence-electron chi connectivity index (χ4n) is 2.33. The van der Waals surface area contributed by atoms with Gasteiger partial charge in [0, 0.05) is 29.5 Å². The van der Waals surface area contributed by atoms with E-state index in [0.29, 0.717) is 31.1 Å². The molecule has 20 heavy (non-hydrogen) atoms. The molecule has 1 saturated heterocycles. The standard InChI is InChI=1S/C14H18BrNO4/c1-11-3-2-4-12(13(11)16(17)18)20-10-14(9-15)5-7-19-8-6-14/h2-4H,5-10H2,1H3. The molecular formula is C14H18BrNO4. The third-order valence-corrected chi connectivity index (χ3v) is 4.94.